The smallest absolute Gasteiger partial charge is 0.334 e. The second-order valence-electron chi connectivity index (χ2n) is 5.87. The fourth-order valence-corrected chi connectivity index (χ4v) is 2.85. The van der Waals surface area contributed by atoms with Crippen LogP contribution in [-0.4, -0.2) is 22.8 Å². The van der Waals surface area contributed by atoms with Gasteiger partial charge < -0.3 is 4.74 Å². The molecule has 1 aliphatic carbocycles. The Morgan fingerprint density at radius 1 is 1.32 bits per heavy atom. The topological polar surface area (TPSA) is 38.7 Å². The van der Waals surface area contributed by atoms with Gasteiger partial charge in [0.25, 0.3) is 0 Å². The van der Waals surface area contributed by atoms with Crippen molar-refractivity contribution >= 4 is 11.7 Å². The molecule has 0 saturated heterocycles. The minimum Gasteiger partial charge on any atom is -0.451 e. The van der Waals surface area contributed by atoms with E-state index in [4.69, 9.17) is 9.73 Å². The van der Waals surface area contributed by atoms with Crippen LogP contribution >= 0.6 is 0 Å². The third kappa shape index (κ3) is 1.71. The minimum absolute atomic E-state index is 0.194. The largest absolute Gasteiger partial charge is 0.451 e. The summed E-state index contributed by atoms with van der Waals surface area (Å²) in [6.45, 7) is 5.82. The molecular formula is C16H19NO2. The van der Waals surface area contributed by atoms with Crippen LogP contribution in [0.3, 0.4) is 0 Å². The quantitative estimate of drug-likeness (QED) is 0.726. The molecule has 100 valence electrons. The monoisotopic (exact) mass is 257 g/mol. The number of ether oxygens (including phenoxy) is 1. The van der Waals surface area contributed by atoms with Gasteiger partial charge in [0.05, 0.1) is 5.71 Å². The molecule has 1 aromatic carbocycles. The van der Waals surface area contributed by atoms with Crippen molar-refractivity contribution < 1.29 is 9.53 Å². The van der Waals surface area contributed by atoms with E-state index in [1.165, 1.54) is 5.56 Å². The van der Waals surface area contributed by atoms with E-state index in [0.29, 0.717) is 6.42 Å². The third-order valence-corrected chi connectivity index (χ3v) is 4.45. The standard InChI is InChI=1S/C16H19NO2/c1-4-15(2)14(18)19-16(3)10-9-11-7-5-6-8-12(11)13(16)17-15/h5-8H,4,9-10H2,1-3H3/t15-,16+/m0/s1. The van der Waals surface area contributed by atoms with Crippen LogP contribution in [0.1, 0.15) is 44.7 Å². The molecule has 0 amide bonds. The van der Waals surface area contributed by atoms with Crippen LogP contribution in [0.2, 0.25) is 0 Å². The Kier molecular flexibility index (Phi) is 2.56. The number of esters is 1. The zero-order chi connectivity index (χ0) is 13.7. The molecule has 0 N–H and O–H groups in total. The Morgan fingerprint density at radius 3 is 2.79 bits per heavy atom. The van der Waals surface area contributed by atoms with Gasteiger partial charge in [-0.3, -0.25) is 4.99 Å². The van der Waals surface area contributed by atoms with Crippen LogP contribution in [0, 0.1) is 0 Å². The van der Waals surface area contributed by atoms with Crippen molar-refractivity contribution in [1.29, 1.82) is 0 Å². The van der Waals surface area contributed by atoms with Crippen LogP contribution in [0.15, 0.2) is 29.3 Å². The van der Waals surface area contributed by atoms with E-state index in [1.807, 2.05) is 26.8 Å². The molecule has 0 saturated carbocycles. The summed E-state index contributed by atoms with van der Waals surface area (Å²) in [6.07, 6.45) is 2.41. The Balaban J connectivity index is 2.20. The highest BCUT2D eigenvalue weighted by Crippen LogP contribution is 2.38. The van der Waals surface area contributed by atoms with Gasteiger partial charge in [0.15, 0.2) is 11.1 Å². The number of carbonyl (C=O) groups is 1. The second-order valence-corrected chi connectivity index (χ2v) is 5.87. The number of carbonyl (C=O) groups excluding carboxylic acids is 1. The lowest BCUT2D eigenvalue weighted by Crippen LogP contribution is -2.54. The molecule has 0 fully saturated rings. The van der Waals surface area contributed by atoms with Crippen molar-refractivity contribution in [2.75, 3.05) is 0 Å². The van der Waals surface area contributed by atoms with Crippen molar-refractivity contribution in [2.45, 2.75) is 51.2 Å². The molecular weight excluding hydrogens is 238 g/mol. The molecule has 3 nitrogen and oxygen atoms in total. The number of aryl methyl sites for hydroxylation is 1. The Bertz CT molecular complexity index is 578. The summed E-state index contributed by atoms with van der Waals surface area (Å²) in [7, 11) is 0. The molecule has 3 rings (SSSR count). The summed E-state index contributed by atoms with van der Waals surface area (Å²) in [5.74, 6) is -0.194. The van der Waals surface area contributed by atoms with Crippen molar-refractivity contribution in [2.24, 2.45) is 4.99 Å². The first kappa shape index (κ1) is 12.4. The molecule has 3 heteroatoms. The average Bonchev–Trinajstić information content (AvgIpc) is 2.41. The molecule has 19 heavy (non-hydrogen) atoms. The van der Waals surface area contributed by atoms with Gasteiger partial charge in [0.1, 0.15) is 0 Å². The van der Waals surface area contributed by atoms with Gasteiger partial charge in [0, 0.05) is 5.56 Å². The van der Waals surface area contributed by atoms with E-state index in [9.17, 15) is 4.79 Å². The van der Waals surface area contributed by atoms with Crippen LogP contribution < -0.4 is 0 Å². The lowest BCUT2D eigenvalue weighted by atomic mass is 9.77. The average molecular weight is 257 g/mol. The van der Waals surface area contributed by atoms with Crippen molar-refractivity contribution in [1.82, 2.24) is 0 Å². The highest BCUT2D eigenvalue weighted by atomic mass is 16.6. The summed E-state index contributed by atoms with van der Waals surface area (Å²) in [6, 6.07) is 8.29. The van der Waals surface area contributed by atoms with Crippen molar-refractivity contribution in [3.05, 3.63) is 35.4 Å². The first-order valence-corrected chi connectivity index (χ1v) is 6.90. The summed E-state index contributed by atoms with van der Waals surface area (Å²) in [5.41, 5.74) is 2.09. The van der Waals surface area contributed by atoms with Crippen LogP contribution in [0.5, 0.6) is 0 Å². The van der Waals surface area contributed by atoms with Crippen LogP contribution in [-0.2, 0) is 16.0 Å². The molecule has 1 aliphatic heterocycles. The van der Waals surface area contributed by atoms with Crippen LogP contribution in [0.25, 0.3) is 0 Å². The van der Waals surface area contributed by atoms with E-state index in [-0.39, 0.29) is 5.97 Å². The number of benzene rings is 1. The maximum Gasteiger partial charge on any atom is 0.334 e. The number of hydrogen-bond donors (Lipinski definition) is 0. The number of rotatable bonds is 1. The number of aliphatic imine (C=N–C) groups is 1. The number of nitrogens with zero attached hydrogens (tertiary/aromatic N) is 1. The maximum atomic E-state index is 12.2. The number of fused-ring (bicyclic) bond motifs is 3. The van der Waals surface area contributed by atoms with Gasteiger partial charge in [-0.05, 0) is 38.7 Å². The maximum absolute atomic E-state index is 12.2. The predicted molar refractivity (Wildman–Crippen MR) is 74.5 cm³/mol. The van der Waals surface area contributed by atoms with E-state index in [2.05, 4.69) is 18.2 Å². The molecule has 0 spiro atoms. The molecule has 2 atom stereocenters. The van der Waals surface area contributed by atoms with Crippen molar-refractivity contribution in [3.8, 4) is 0 Å². The lowest BCUT2D eigenvalue weighted by Gasteiger charge is -2.43. The molecule has 1 heterocycles. The summed E-state index contributed by atoms with van der Waals surface area (Å²) in [5, 5.41) is 0. The zero-order valence-corrected chi connectivity index (χ0v) is 11.7. The summed E-state index contributed by atoms with van der Waals surface area (Å²) in [4.78, 5) is 17.0. The van der Waals surface area contributed by atoms with Gasteiger partial charge in [-0.25, -0.2) is 4.79 Å². The second kappa shape index (κ2) is 3.92. The van der Waals surface area contributed by atoms with Gasteiger partial charge in [-0.2, -0.15) is 0 Å². The van der Waals surface area contributed by atoms with E-state index in [1.54, 1.807) is 0 Å². The highest BCUT2D eigenvalue weighted by Gasteiger charge is 2.49. The van der Waals surface area contributed by atoms with Crippen LogP contribution in [0.4, 0.5) is 0 Å². The molecule has 0 radical (unpaired) electrons. The zero-order valence-electron chi connectivity index (χ0n) is 11.7. The highest BCUT2D eigenvalue weighted by molar-refractivity contribution is 6.12. The van der Waals surface area contributed by atoms with Gasteiger partial charge in [-0.1, -0.05) is 31.2 Å². The number of hydrogen-bond acceptors (Lipinski definition) is 3. The van der Waals surface area contributed by atoms with Gasteiger partial charge in [0.2, 0.25) is 0 Å². The fraction of sp³-hybridized carbons (Fsp3) is 0.500. The van der Waals surface area contributed by atoms with Gasteiger partial charge in [-0.15, -0.1) is 0 Å². The first-order chi connectivity index (χ1) is 8.98. The van der Waals surface area contributed by atoms with Crippen molar-refractivity contribution in [3.63, 3.8) is 0 Å². The molecule has 0 unspecified atom stereocenters. The Labute approximate surface area is 113 Å². The Morgan fingerprint density at radius 2 is 2.05 bits per heavy atom. The normalized spacial score (nSPS) is 33.0. The third-order valence-electron chi connectivity index (χ3n) is 4.45. The Hall–Kier alpha value is -1.64. The fourth-order valence-electron chi connectivity index (χ4n) is 2.85. The summed E-state index contributed by atoms with van der Waals surface area (Å²) >= 11 is 0. The summed E-state index contributed by atoms with van der Waals surface area (Å²) < 4.78 is 5.77. The molecule has 2 aliphatic rings. The lowest BCUT2D eigenvalue weighted by molar-refractivity contribution is -0.161. The van der Waals surface area contributed by atoms with Gasteiger partial charge >= 0.3 is 5.97 Å². The van der Waals surface area contributed by atoms with E-state index in [0.717, 1.165) is 24.1 Å². The first-order valence-electron chi connectivity index (χ1n) is 6.90. The SMILES string of the molecule is CC[C@]1(C)N=C2c3ccccc3CC[C@@]2(C)OC1=O. The predicted octanol–water partition coefficient (Wildman–Crippen LogP) is 2.91. The van der Waals surface area contributed by atoms with E-state index < -0.39 is 11.1 Å². The van der Waals surface area contributed by atoms with E-state index >= 15 is 0 Å². The minimum atomic E-state index is -0.737. The molecule has 0 aromatic heterocycles. The molecule has 0 bridgehead atoms. The molecule has 1 aromatic rings.